The lowest BCUT2D eigenvalue weighted by Gasteiger charge is -2.11. The Kier molecular flexibility index (Phi) is 3.82. The number of rotatable bonds is 5. The molecule has 1 heterocycles. The van der Waals surface area contributed by atoms with Gasteiger partial charge < -0.3 is 5.11 Å². The highest BCUT2D eigenvalue weighted by Crippen LogP contribution is 2.16. The predicted octanol–water partition coefficient (Wildman–Crippen LogP) is 1.90. The van der Waals surface area contributed by atoms with Gasteiger partial charge in [0, 0.05) is 0 Å². The van der Waals surface area contributed by atoms with Crippen LogP contribution in [-0.2, 0) is 6.42 Å². The molecule has 0 aliphatic rings. The average molecular weight is 211 g/mol. The van der Waals surface area contributed by atoms with Gasteiger partial charge in [-0.25, -0.2) is 9.48 Å². The summed E-state index contributed by atoms with van der Waals surface area (Å²) in [6.45, 7) is 6.07. The van der Waals surface area contributed by atoms with E-state index in [-0.39, 0.29) is 11.7 Å². The number of hydrogen-bond donors (Lipinski definition) is 1. The molecule has 0 fully saturated rings. The van der Waals surface area contributed by atoms with E-state index in [0.29, 0.717) is 6.42 Å². The van der Waals surface area contributed by atoms with Gasteiger partial charge in [0.2, 0.25) is 0 Å². The summed E-state index contributed by atoms with van der Waals surface area (Å²) < 4.78 is 1.73. The molecule has 1 aromatic rings. The molecule has 0 aromatic carbocycles. The van der Waals surface area contributed by atoms with Crippen LogP contribution in [0.2, 0.25) is 0 Å². The number of nitrogens with zero attached hydrogens (tertiary/aromatic N) is 3. The number of carbonyl (C=O) groups is 1. The molecule has 0 amide bonds. The SMILES string of the molecule is CCCc1c(C(=O)O)nnn1C(C)CC. The smallest absolute Gasteiger partial charge is 0.358 e. The maximum absolute atomic E-state index is 10.9. The molecule has 0 bridgehead atoms. The fourth-order valence-electron chi connectivity index (χ4n) is 1.48. The third-order valence-electron chi connectivity index (χ3n) is 2.49. The van der Waals surface area contributed by atoms with Crippen molar-refractivity contribution >= 4 is 5.97 Å². The van der Waals surface area contributed by atoms with E-state index in [0.717, 1.165) is 18.5 Å². The van der Waals surface area contributed by atoms with Crippen molar-refractivity contribution in [3.8, 4) is 0 Å². The Balaban J connectivity index is 3.11. The molecule has 0 aliphatic carbocycles. The summed E-state index contributed by atoms with van der Waals surface area (Å²) in [5, 5.41) is 16.6. The topological polar surface area (TPSA) is 68.0 Å². The molecular weight excluding hydrogens is 194 g/mol. The first-order valence-electron chi connectivity index (χ1n) is 5.29. The van der Waals surface area contributed by atoms with Gasteiger partial charge in [-0.2, -0.15) is 0 Å². The summed E-state index contributed by atoms with van der Waals surface area (Å²) in [7, 11) is 0. The Hall–Kier alpha value is -1.39. The quantitative estimate of drug-likeness (QED) is 0.807. The molecule has 0 saturated carbocycles. The summed E-state index contributed by atoms with van der Waals surface area (Å²) in [5.74, 6) is -0.993. The zero-order valence-electron chi connectivity index (χ0n) is 9.40. The van der Waals surface area contributed by atoms with Crippen LogP contribution in [0.25, 0.3) is 0 Å². The van der Waals surface area contributed by atoms with Gasteiger partial charge in [-0.15, -0.1) is 5.10 Å². The maximum Gasteiger partial charge on any atom is 0.358 e. The average Bonchev–Trinajstić information content (AvgIpc) is 2.61. The number of carboxylic acids is 1. The van der Waals surface area contributed by atoms with E-state index in [1.807, 2.05) is 20.8 Å². The van der Waals surface area contributed by atoms with E-state index in [9.17, 15) is 4.79 Å². The van der Waals surface area contributed by atoms with Crippen LogP contribution in [0.3, 0.4) is 0 Å². The van der Waals surface area contributed by atoms with E-state index in [1.54, 1.807) is 4.68 Å². The minimum atomic E-state index is -0.993. The summed E-state index contributed by atoms with van der Waals surface area (Å²) in [6.07, 6.45) is 2.52. The number of aromatic carboxylic acids is 1. The standard InChI is InChI=1S/C10H17N3O2/c1-4-6-8-9(10(14)15)11-12-13(8)7(3)5-2/h7H,4-6H2,1-3H3,(H,14,15). The van der Waals surface area contributed by atoms with E-state index in [4.69, 9.17) is 5.11 Å². The molecular formula is C10H17N3O2. The molecule has 0 saturated heterocycles. The Morgan fingerprint density at radius 2 is 2.20 bits per heavy atom. The molecule has 0 spiro atoms. The van der Waals surface area contributed by atoms with Crippen molar-refractivity contribution in [1.29, 1.82) is 0 Å². The molecule has 1 unspecified atom stereocenters. The van der Waals surface area contributed by atoms with Crippen LogP contribution in [0.4, 0.5) is 0 Å². The van der Waals surface area contributed by atoms with Gasteiger partial charge in [-0.1, -0.05) is 25.5 Å². The van der Waals surface area contributed by atoms with Crippen molar-refractivity contribution in [2.24, 2.45) is 0 Å². The third-order valence-corrected chi connectivity index (χ3v) is 2.49. The third kappa shape index (κ3) is 2.34. The summed E-state index contributed by atoms with van der Waals surface area (Å²) in [6, 6.07) is 0.201. The van der Waals surface area contributed by atoms with E-state index < -0.39 is 5.97 Å². The summed E-state index contributed by atoms with van der Waals surface area (Å²) in [5.41, 5.74) is 0.830. The molecule has 0 radical (unpaired) electrons. The first-order chi connectivity index (χ1) is 7.11. The minimum absolute atomic E-state index is 0.0946. The number of aromatic nitrogens is 3. The Bertz CT molecular complexity index is 346. The molecule has 15 heavy (non-hydrogen) atoms. The molecule has 5 nitrogen and oxygen atoms in total. The second kappa shape index (κ2) is 4.91. The Morgan fingerprint density at radius 1 is 1.53 bits per heavy atom. The summed E-state index contributed by atoms with van der Waals surface area (Å²) >= 11 is 0. The van der Waals surface area contributed by atoms with Crippen molar-refractivity contribution in [2.45, 2.75) is 46.1 Å². The molecule has 84 valence electrons. The molecule has 1 atom stereocenters. The van der Waals surface area contributed by atoms with Crippen LogP contribution in [0.1, 0.15) is 55.8 Å². The monoisotopic (exact) mass is 211 g/mol. The zero-order valence-corrected chi connectivity index (χ0v) is 9.40. The highest BCUT2D eigenvalue weighted by atomic mass is 16.4. The van der Waals surface area contributed by atoms with Gasteiger partial charge in [0.1, 0.15) is 0 Å². The van der Waals surface area contributed by atoms with Gasteiger partial charge in [-0.3, -0.25) is 0 Å². The largest absolute Gasteiger partial charge is 0.476 e. The second-order valence-corrected chi connectivity index (χ2v) is 3.64. The highest BCUT2D eigenvalue weighted by molar-refractivity contribution is 5.86. The van der Waals surface area contributed by atoms with Crippen LogP contribution in [0.5, 0.6) is 0 Å². The lowest BCUT2D eigenvalue weighted by atomic mass is 10.2. The van der Waals surface area contributed by atoms with Crippen molar-refractivity contribution in [3.05, 3.63) is 11.4 Å². The fourth-order valence-corrected chi connectivity index (χ4v) is 1.48. The fraction of sp³-hybridized carbons (Fsp3) is 0.700. The second-order valence-electron chi connectivity index (χ2n) is 3.64. The van der Waals surface area contributed by atoms with Crippen molar-refractivity contribution in [3.63, 3.8) is 0 Å². The first kappa shape index (κ1) is 11.7. The highest BCUT2D eigenvalue weighted by Gasteiger charge is 2.20. The molecule has 1 aromatic heterocycles. The number of hydrogen-bond acceptors (Lipinski definition) is 3. The van der Waals surface area contributed by atoms with Crippen LogP contribution < -0.4 is 0 Å². The van der Waals surface area contributed by atoms with Gasteiger partial charge in [0.05, 0.1) is 11.7 Å². The van der Waals surface area contributed by atoms with Crippen LogP contribution in [0.15, 0.2) is 0 Å². The van der Waals surface area contributed by atoms with Crippen LogP contribution in [0, 0.1) is 0 Å². The Morgan fingerprint density at radius 3 is 2.67 bits per heavy atom. The van der Waals surface area contributed by atoms with Crippen molar-refractivity contribution < 1.29 is 9.90 Å². The first-order valence-corrected chi connectivity index (χ1v) is 5.29. The normalized spacial score (nSPS) is 12.7. The molecule has 0 aliphatic heterocycles. The Labute approximate surface area is 89.1 Å². The van der Waals surface area contributed by atoms with Gasteiger partial charge in [0.15, 0.2) is 5.69 Å². The molecule has 1 rings (SSSR count). The van der Waals surface area contributed by atoms with Crippen LogP contribution in [-0.4, -0.2) is 26.1 Å². The minimum Gasteiger partial charge on any atom is -0.476 e. The predicted molar refractivity (Wildman–Crippen MR) is 56.0 cm³/mol. The van der Waals surface area contributed by atoms with E-state index in [2.05, 4.69) is 10.3 Å². The van der Waals surface area contributed by atoms with E-state index >= 15 is 0 Å². The van der Waals surface area contributed by atoms with Crippen LogP contribution >= 0.6 is 0 Å². The van der Waals surface area contributed by atoms with Gasteiger partial charge >= 0.3 is 5.97 Å². The van der Waals surface area contributed by atoms with Crippen molar-refractivity contribution in [2.75, 3.05) is 0 Å². The lowest BCUT2D eigenvalue weighted by molar-refractivity contribution is 0.0689. The maximum atomic E-state index is 10.9. The molecule has 1 N–H and O–H groups in total. The zero-order chi connectivity index (χ0) is 11.4. The van der Waals surface area contributed by atoms with Crippen molar-refractivity contribution in [1.82, 2.24) is 15.0 Å². The van der Waals surface area contributed by atoms with Gasteiger partial charge in [-0.05, 0) is 19.8 Å². The lowest BCUT2D eigenvalue weighted by Crippen LogP contribution is -2.11. The van der Waals surface area contributed by atoms with Gasteiger partial charge in [0.25, 0.3) is 0 Å². The number of carboxylic acid groups (broad SMARTS) is 1. The van der Waals surface area contributed by atoms with E-state index in [1.165, 1.54) is 0 Å². The summed E-state index contributed by atoms with van der Waals surface area (Å²) in [4.78, 5) is 10.9. The molecule has 5 heteroatoms.